The van der Waals surface area contributed by atoms with Gasteiger partial charge in [0.05, 0.1) is 5.92 Å². The average molecular weight is 438 g/mol. The van der Waals surface area contributed by atoms with Gasteiger partial charge in [0.1, 0.15) is 5.82 Å². The van der Waals surface area contributed by atoms with Gasteiger partial charge in [-0.3, -0.25) is 19.3 Å². The van der Waals surface area contributed by atoms with Crippen LogP contribution in [-0.4, -0.2) is 71.6 Å². The highest BCUT2D eigenvalue weighted by Gasteiger charge is 2.43. The standard InChI is InChI=1S/C25H28FN3O3/c1-18(30)28-11-13-29(14-12-28)25(32)23-17-27(15-19-5-3-2-4-6-19)16-22(23)24(31)20-7-9-21(26)10-8-20/h2-10,22-23H,11-17H2,1H3/t22-,23-/m1/s1. The fourth-order valence-electron chi connectivity index (χ4n) is 4.68. The second-order valence-corrected chi connectivity index (χ2v) is 8.60. The Kier molecular flexibility index (Phi) is 6.65. The Labute approximate surface area is 187 Å². The molecule has 0 bridgehead atoms. The molecule has 2 fully saturated rings. The predicted octanol–water partition coefficient (Wildman–Crippen LogP) is 2.45. The van der Waals surface area contributed by atoms with Crippen molar-refractivity contribution in [2.75, 3.05) is 39.3 Å². The van der Waals surface area contributed by atoms with Crippen LogP contribution in [0.5, 0.6) is 0 Å². The van der Waals surface area contributed by atoms with E-state index in [1.807, 2.05) is 30.3 Å². The molecule has 6 nitrogen and oxygen atoms in total. The predicted molar refractivity (Wildman–Crippen MR) is 118 cm³/mol. The molecular weight excluding hydrogens is 409 g/mol. The monoisotopic (exact) mass is 437 g/mol. The minimum absolute atomic E-state index is 0.0105. The zero-order valence-corrected chi connectivity index (χ0v) is 18.2. The lowest BCUT2D eigenvalue weighted by Gasteiger charge is -2.36. The lowest BCUT2D eigenvalue weighted by atomic mass is 9.87. The van der Waals surface area contributed by atoms with E-state index >= 15 is 0 Å². The molecule has 2 aromatic carbocycles. The third-order valence-electron chi connectivity index (χ3n) is 6.46. The van der Waals surface area contributed by atoms with Gasteiger partial charge in [-0.1, -0.05) is 30.3 Å². The van der Waals surface area contributed by atoms with E-state index in [1.54, 1.807) is 9.80 Å². The second-order valence-electron chi connectivity index (χ2n) is 8.60. The first-order valence-electron chi connectivity index (χ1n) is 11.0. The van der Waals surface area contributed by atoms with Crippen LogP contribution in [0.15, 0.2) is 54.6 Å². The Hall–Kier alpha value is -3.06. The van der Waals surface area contributed by atoms with Gasteiger partial charge in [-0.2, -0.15) is 0 Å². The van der Waals surface area contributed by atoms with E-state index in [-0.39, 0.29) is 17.6 Å². The third-order valence-corrected chi connectivity index (χ3v) is 6.46. The first-order valence-corrected chi connectivity index (χ1v) is 11.0. The summed E-state index contributed by atoms with van der Waals surface area (Å²) < 4.78 is 13.4. The highest BCUT2D eigenvalue weighted by atomic mass is 19.1. The number of rotatable bonds is 5. The van der Waals surface area contributed by atoms with E-state index in [0.29, 0.717) is 51.4 Å². The van der Waals surface area contributed by atoms with Crippen LogP contribution >= 0.6 is 0 Å². The van der Waals surface area contributed by atoms with Crippen LogP contribution in [0.3, 0.4) is 0 Å². The molecule has 2 aromatic rings. The fraction of sp³-hybridized carbons (Fsp3) is 0.400. The molecule has 0 radical (unpaired) electrons. The molecule has 2 heterocycles. The van der Waals surface area contributed by atoms with Gasteiger partial charge in [-0.25, -0.2) is 4.39 Å². The Morgan fingerprint density at radius 2 is 1.44 bits per heavy atom. The first-order chi connectivity index (χ1) is 15.4. The quantitative estimate of drug-likeness (QED) is 0.675. The lowest BCUT2D eigenvalue weighted by Crippen LogP contribution is -2.52. The smallest absolute Gasteiger partial charge is 0.227 e. The molecule has 2 amide bonds. The van der Waals surface area contributed by atoms with Gasteiger partial charge in [0.25, 0.3) is 0 Å². The number of hydrogen-bond acceptors (Lipinski definition) is 4. The molecule has 0 spiro atoms. The van der Waals surface area contributed by atoms with Gasteiger partial charge in [-0.15, -0.1) is 0 Å². The van der Waals surface area contributed by atoms with E-state index in [4.69, 9.17) is 0 Å². The molecule has 2 saturated heterocycles. The van der Waals surface area contributed by atoms with E-state index < -0.39 is 17.7 Å². The van der Waals surface area contributed by atoms with Gasteiger partial charge < -0.3 is 9.80 Å². The summed E-state index contributed by atoms with van der Waals surface area (Å²) in [6, 6.07) is 15.5. The number of carbonyl (C=O) groups excluding carboxylic acids is 3. The van der Waals surface area contributed by atoms with Crippen LogP contribution in [-0.2, 0) is 16.1 Å². The molecule has 2 atom stereocenters. The van der Waals surface area contributed by atoms with Gasteiger partial charge >= 0.3 is 0 Å². The zero-order valence-electron chi connectivity index (χ0n) is 18.2. The van der Waals surface area contributed by atoms with Crippen molar-refractivity contribution < 1.29 is 18.8 Å². The molecule has 168 valence electrons. The molecule has 2 aliphatic heterocycles. The van der Waals surface area contributed by atoms with Crippen molar-refractivity contribution in [1.82, 2.24) is 14.7 Å². The molecule has 0 aliphatic carbocycles. The topological polar surface area (TPSA) is 60.9 Å². The van der Waals surface area contributed by atoms with Crippen molar-refractivity contribution in [3.63, 3.8) is 0 Å². The average Bonchev–Trinajstić information content (AvgIpc) is 3.23. The maximum Gasteiger partial charge on any atom is 0.227 e. The number of benzene rings is 2. The number of likely N-dealkylation sites (tertiary alicyclic amines) is 1. The largest absolute Gasteiger partial charge is 0.339 e. The number of amides is 2. The van der Waals surface area contributed by atoms with Crippen molar-refractivity contribution in [3.05, 3.63) is 71.5 Å². The molecule has 4 rings (SSSR count). The van der Waals surface area contributed by atoms with Crippen LogP contribution in [0.25, 0.3) is 0 Å². The molecule has 32 heavy (non-hydrogen) atoms. The van der Waals surface area contributed by atoms with Crippen LogP contribution in [0.2, 0.25) is 0 Å². The Morgan fingerprint density at radius 1 is 0.844 bits per heavy atom. The minimum atomic E-state index is -0.484. The number of piperazine rings is 1. The number of ketones is 1. The summed E-state index contributed by atoms with van der Waals surface area (Å²) in [6.07, 6.45) is 0. The summed E-state index contributed by atoms with van der Waals surface area (Å²) in [5.41, 5.74) is 1.56. The van der Waals surface area contributed by atoms with Gasteiger partial charge in [0.2, 0.25) is 11.8 Å². The fourth-order valence-corrected chi connectivity index (χ4v) is 4.68. The van der Waals surface area contributed by atoms with Gasteiger partial charge in [0, 0.05) is 64.2 Å². The molecular formula is C25H28FN3O3. The second kappa shape index (κ2) is 9.61. The molecule has 7 heteroatoms. The summed E-state index contributed by atoms with van der Waals surface area (Å²) in [5.74, 6) is -1.49. The molecule has 0 saturated carbocycles. The number of nitrogens with zero attached hydrogens (tertiary/aromatic N) is 3. The van der Waals surface area contributed by atoms with Crippen molar-refractivity contribution in [2.24, 2.45) is 11.8 Å². The summed E-state index contributed by atoms with van der Waals surface area (Å²) in [5, 5.41) is 0. The Morgan fingerprint density at radius 3 is 2.06 bits per heavy atom. The SMILES string of the molecule is CC(=O)N1CCN(C(=O)[C@@H]2CN(Cc3ccccc3)C[C@H]2C(=O)c2ccc(F)cc2)CC1. The van der Waals surface area contributed by atoms with Crippen molar-refractivity contribution in [1.29, 1.82) is 0 Å². The van der Waals surface area contributed by atoms with Gasteiger partial charge in [-0.05, 0) is 29.8 Å². The number of hydrogen-bond donors (Lipinski definition) is 0. The number of carbonyl (C=O) groups is 3. The maximum absolute atomic E-state index is 13.5. The highest BCUT2D eigenvalue weighted by Crippen LogP contribution is 2.30. The van der Waals surface area contributed by atoms with Crippen LogP contribution in [0.1, 0.15) is 22.8 Å². The summed E-state index contributed by atoms with van der Waals surface area (Å²) >= 11 is 0. The van der Waals surface area contributed by atoms with E-state index in [9.17, 15) is 18.8 Å². The number of halogens is 1. The first kappa shape index (κ1) is 22.1. The van der Waals surface area contributed by atoms with Crippen LogP contribution in [0.4, 0.5) is 4.39 Å². The summed E-state index contributed by atoms with van der Waals surface area (Å²) in [4.78, 5) is 44.1. The molecule has 0 N–H and O–H groups in total. The van der Waals surface area contributed by atoms with Gasteiger partial charge in [0.15, 0.2) is 5.78 Å². The van der Waals surface area contributed by atoms with E-state index in [0.717, 1.165) is 5.56 Å². The van der Waals surface area contributed by atoms with E-state index in [1.165, 1.54) is 31.2 Å². The van der Waals surface area contributed by atoms with Crippen LogP contribution in [0, 0.1) is 17.7 Å². The summed E-state index contributed by atoms with van der Waals surface area (Å²) in [7, 11) is 0. The zero-order chi connectivity index (χ0) is 22.7. The Bertz CT molecular complexity index is 972. The maximum atomic E-state index is 13.5. The van der Waals surface area contributed by atoms with E-state index in [2.05, 4.69) is 4.90 Å². The molecule has 0 aromatic heterocycles. The third kappa shape index (κ3) is 4.88. The van der Waals surface area contributed by atoms with Crippen molar-refractivity contribution in [2.45, 2.75) is 13.5 Å². The van der Waals surface area contributed by atoms with Crippen LogP contribution < -0.4 is 0 Å². The minimum Gasteiger partial charge on any atom is -0.339 e. The highest BCUT2D eigenvalue weighted by molar-refractivity contribution is 6.01. The lowest BCUT2D eigenvalue weighted by molar-refractivity contribution is -0.141. The van der Waals surface area contributed by atoms with Crippen molar-refractivity contribution in [3.8, 4) is 0 Å². The Balaban J connectivity index is 1.52. The normalized spacial score (nSPS) is 21.6. The van der Waals surface area contributed by atoms with Crippen molar-refractivity contribution >= 4 is 17.6 Å². The molecule has 0 unspecified atom stereocenters. The number of Topliss-reactive ketones (excluding diaryl/α,β-unsaturated/α-hetero) is 1. The summed E-state index contributed by atoms with van der Waals surface area (Å²) in [6.45, 7) is 5.16. The molecule has 2 aliphatic rings.